The summed E-state index contributed by atoms with van der Waals surface area (Å²) < 4.78 is 5.29. The normalized spacial score (nSPS) is 11.2. The lowest BCUT2D eigenvalue weighted by atomic mass is 10.0. The second-order valence-corrected chi connectivity index (χ2v) is 6.46. The molecule has 152 valence electrons. The van der Waals surface area contributed by atoms with Gasteiger partial charge in [0.05, 0.1) is 17.8 Å². The Bertz CT molecular complexity index is 901. The van der Waals surface area contributed by atoms with Crippen LogP contribution in [-0.2, 0) is 4.79 Å². The number of nitrogens with one attached hydrogen (secondary N) is 1. The lowest BCUT2D eigenvalue weighted by Gasteiger charge is -2.09. The third-order valence-corrected chi connectivity index (χ3v) is 4.27. The molecule has 1 atom stereocenters. The van der Waals surface area contributed by atoms with Crippen molar-refractivity contribution in [2.24, 2.45) is 22.4 Å². The van der Waals surface area contributed by atoms with Gasteiger partial charge in [-0.3, -0.25) is 9.59 Å². The molecule has 0 heterocycles. The molecule has 2 aromatic rings. The molecule has 0 aliphatic carbocycles. The van der Waals surface area contributed by atoms with Crippen LogP contribution in [0.5, 0.6) is 5.75 Å². The minimum absolute atomic E-state index is 0.0135. The number of nitrogens with two attached hydrogens (primary N) is 2. The number of carbonyl (C=O) groups excluding carboxylic acids is 3. The predicted octanol–water partition coefficient (Wildman–Crippen LogP) is 2.16. The van der Waals surface area contributed by atoms with Crippen molar-refractivity contribution in [1.82, 2.24) is 5.32 Å². The Morgan fingerprint density at radius 2 is 1.59 bits per heavy atom. The van der Waals surface area contributed by atoms with Crippen LogP contribution in [0.4, 0.5) is 5.69 Å². The van der Waals surface area contributed by atoms with Crippen molar-refractivity contribution < 1.29 is 19.1 Å². The molecule has 0 bridgehead atoms. The molecular formula is C21H24N4O4. The van der Waals surface area contributed by atoms with Gasteiger partial charge in [0.15, 0.2) is 11.7 Å². The SMILES string of the molecule is CCC(C)C(=O)CNC(=O)c1ccc(OC(=O)c2ccc(N=C(N)N)cc2)cc1. The van der Waals surface area contributed by atoms with Crippen molar-refractivity contribution in [3.8, 4) is 5.75 Å². The number of ether oxygens (including phenoxy) is 1. The van der Waals surface area contributed by atoms with Gasteiger partial charge < -0.3 is 21.5 Å². The van der Waals surface area contributed by atoms with E-state index in [0.717, 1.165) is 6.42 Å². The van der Waals surface area contributed by atoms with E-state index in [1.165, 1.54) is 24.3 Å². The molecule has 29 heavy (non-hydrogen) atoms. The molecule has 0 spiro atoms. The highest BCUT2D eigenvalue weighted by atomic mass is 16.5. The molecule has 0 aromatic heterocycles. The topological polar surface area (TPSA) is 137 Å². The first-order chi connectivity index (χ1) is 13.8. The first kappa shape index (κ1) is 21.6. The fourth-order valence-electron chi connectivity index (χ4n) is 2.33. The second kappa shape index (κ2) is 10.0. The summed E-state index contributed by atoms with van der Waals surface area (Å²) in [6, 6.07) is 12.3. The van der Waals surface area contributed by atoms with Gasteiger partial charge in [0.25, 0.3) is 5.91 Å². The first-order valence-corrected chi connectivity index (χ1v) is 9.13. The zero-order valence-corrected chi connectivity index (χ0v) is 16.3. The molecule has 8 heteroatoms. The van der Waals surface area contributed by atoms with Gasteiger partial charge >= 0.3 is 5.97 Å². The maximum absolute atomic E-state index is 12.2. The molecule has 8 nitrogen and oxygen atoms in total. The van der Waals surface area contributed by atoms with E-state index < -0.39 is 5.97 Å². The van der Waals surface area contributed by atoms with Crippen LogP contribution in [0.2, 0.25) is 0 Å². The largest absolute Gasteiger partial charge is 0.423 e. The van der Waals surface area contributed by atoms with Gasteiger partial charge in [-0.05, 0) is 55.0 Å². The number of Topliss-reactive ketones (excluding diaryl/α,β-unsaturated/α-hetero) is 1. The number of rotatable bonds is 8. The number of aliphatic imine (C=N–C) groups is 1. The van der Waals surface area contributed by atoms with Crippen molar-refractivity contribution in [3.05, 3.63) is 59.7 Å². The van der Waals surface area contributed by atoms with Gasteiger partial charge in [-0.15, -0.1) is 0 Å². The third kappa shape index (κ3) is 6.46. The number of hydrogen-bond donors (Lipinski definition) is 3. The standard InChI is InChI=1S/C21H24N4O4/c1-3-13(2)18(26)12-24-19(27)14-6-10-17(11-7-14)29-20(28)15-4-8-16(9-5-15)25-21(22)23/h4-11,13H,3,12H2,1-2H3,(H,24,27)(H4,22,23,25). The minimum atomic E-state index is -0.558. The van der Waals surface area contributed by atoms with Crippen LogP contribution in [0, 0.1) is 5.92 Å². The number of hydrogen-bond acceptors (Lipinski definition) is 5. The minimum Gasteiger partial charge on any atom is -0.423 e. The number of carbonyl (C=O) groups is 3. The highest BCUT2D eigenvalue weighted by molar-refractivity contribution is 5.97. The molecule has 2 rings (SSSR count). The molecule has 0 saturated heterocycles. The van der Waals surface area contributed by atoms with E-state index in [4.69, 9.17) is 16.2 Å². The quantitative estimate of drug-likeness (QED) is 0.271. The van der Waals surface area contributed by atoms with E-state index in [9.17, 15) is 14.4 Å². The molecule has 1 amide bonds. The van der Waals surface area contributed by atoms with E-state index in [1.54, 1.807) is 24.3 Å². The summed E-state index contributed by atoms with van der Waals surface area (Å²) in [5.74, 6) is -0.820. The number of ketones is 1. The first-order valence-electron chi connectivity index (χ1n) is 9.13. The Morgan fingerprint density at radius 1 is 1.00 bits per heavy atom. The zero-order chi connectivity index (χ0) is 21.4. The number of nitrogens with zero attached hydrogens (tertiary/aromatic N) is 1. The Labute approximate surface area is 168 Å². The summed E-state index contributed by atoms with van der Waals surface area (Å²) >= 11 is 0. The molecule has 0 aliphatic heterocycles. The Kier molecular flexibility index (Phi) is 7.47. The molecule has 1 unspecified atom stereocenters. The maximum atomic E-state index is 12.2. The van der Waals surface area contributed by atoms with Crippen LogP contribution < -0.4 is 21.5 Å². The van der Waals surface area contributed by atoms with Gasteiger partial charge in [-0.1, -0.05) is 13.8 Å². The van der Waals surface area contributed by atoms with Gasteiger partial charge in [-0.25, -0.2) is 9.79 Å². The smallest absolute Gasteiger partial charge is 0.343 e. The van der Waals surface area contributed by atoms with E-state index >= 15 is 0 Å². The van der Waals surface area contributed by atoms with Crippen molar-refractivity contribution in [3.63, 3.8) is 0 Å². The number of esters is 1. The summed E-state index contributed by atoms with van der Waals surface area (Å²) in [5, 5.41) is 2.59. The lowest BCUT2D eigenvalue weighted by Crippen LogP contribution is -2.32. The molecule has 0 fully saturated rings. The number of guanidine groups is 1. The molecule has 0 saturated carbocycles. The van der Waals surface area contributed by atoms with E-state index in [-0.39, 0.29) is 35.9 Å². The van der Waals surface area contributed by atoms with Gasteiger partial charge in [-0.2, -0.15) is 0 Å². The van der Waals surface area contributed by atoms with Crippen LogP contribution in [-0.4, -0.2) is 30.2 Å². The van der Waals surface area contributed by atoms with Crippen LogP contribution in [0.3, 0.4) is 0 Å². The molecule has 2 aromatic carbocycles. The summed E-state index contributed by atoms with van der Waals surface area (Å²) in [7, 11) is 0. The van der Waals surface area contributed by atoms with Crippen molar-refractivity contribution >= 4 is 29.3 Å². The average molecular weight is 396 g/mol. The number of benzene rings is 2. The molecule has 0 radical (unpaired) electrons. The fraction of sp³-hybridized carbons (Fsp3) is 0.238. The van der Waals surface area contributed by atoms with Gasteiger partial charge in [0.1, 0.15) is 5.75 Å². The summed E-state index contributed by atoms with van der Waals surface area (Å²) in [6.07, 6.45) is 0.728. The Balaban J connectivity index is 1.94. The van der Waals surface area contributed by atoms with Crippen LogP contribution in [0.1, 0.15) is 41.0 Å². The van der Waals surface area contributed by atoms with Gasteiger partial charge in [0.2, 0.25) is 0 Å². The summed E-state index contributed by atoms with van der Waals surface area (Å²) in [5.41, 5.74) is 11.8. The van der Waals surface area contributed by atoms with Crippen LogP contribution in [0.15, 0.2) is 53.5 Å². The van der Waals surface area contributed by atoms with E-state index in [1.807, 2.05) is 13.8 Å². The van der Waals surface area contributed by atoms with Crippen molar-refractivity contribution in [1.29, 1.82) is 0 Å². The summed E-state index contributed by atoms with van der Waals surface area (Å²) in [4.78, 5) is 40.0. The van der Waals surface area contributed by atoms with Crippen LogP contribution >= 0.6 is 0 Å². The second-order valence-electron chi connectivity index (χ2n) is 6.46. The number of amides is 1. The Morgan fingerprint density at radius 3 is 2.14 bits per heavy atom. The van der Waals surface area contributed by atoms with Crippen LogP contribution in [0.25, 0.3) is 0 Å². The lowest BCUT2D eigenvalue weighted by molar-refractivity contribution is -0.121. The fourth-order valence-corrected chi connectivity index (χ4v) is 2.33. The predicted molar refractivity (Wildman–Crippen MR) is 110 cm³/mol. The zero-order valence-electron chi connectivity index (χ0n) is 16.3. The maximum Gasteiger partial charge on any atom is 0.343 e. The monoisotopic (exact) mass is 396 g/mol. The highest BCUT2D eigenvalue weighted by Gasteiger charge is 2.13. The van der Waals surface area contributed by atoms with E-state index in [0.29, 0.717) is 16.8 Å². The van der Waals surface area contributed by atoms with Crippen molar-refractivity contribution in [2.75, 3.05) is 6.54 Å². The average Bonchev–Trinajstić information content (AvgIpc) is 2.71. The molecule has 5 N–H and O–H groups in total. The molecular weight excluding hydrogens is 372 g/mol. The van der Waals surface area contributed by atoms with Gasteiger partial charge in [0, 0.05) is 11.5 Å². The highest BCUT2D eigenvalue weighted by Crippen LogP contribution is 2.17. The molecule has 0 aliphatic rings. The van der Waals surface area contributed by atoms with E-state index in [2.05, 4.69) is 10.3 Å². The Hall–Kier alpha value is -3.68. The third-order valence-electron chi connectivity index (χ3n) is 4.27. The summed E-state index contributed by atoms with van der Waals surface area (Å²) in [6.45, 7) is 3.73. The van der Waals surface area contributed by atoms with Crippen molar-refractivity contribution in [2.45, 2.75) is 20.3 Å².